The molecule has 3 heterocycles. The van der Waals surface area contributed by atoms with Crippen LogP contribution in [0.5, 0.6) is 0 Å². The Morgan fingerprint density at radius 2 is 1.08 bits per heavy atom. The third-order valence-electron chi connectivity index (χ3n) is 9.74. The standard InChI is InChI=1S/C42H41N5O2/c1-27-13-17-31(18-14-27)39-29(3)37(33-9-5-7-11-35(33)44-39)41(48)43-21-22-46-23-25-47(26-24-46)42(49)38-30(4)40(32-19-15-28(2)16-20-32)45-36-12-8-6-10-34(36)38/h5-20H,21-26H2,1-4H3,(H,43,48). The molecule has 2 amide bonds. The fourth-order valence-electron chi connectivity index (χ4n) is 6.92. The zero-order valence-corrected chi connectivity index (χ0v) is 28.6. The van der Waals surface area contributed by atoms with Crippen LogP contribution in [0.15, 0.2) is 97.1 Å². The van der Waals surface area contributed by atoms with Crippen molar-refractivity contribution in [3.05, 3.63) is 130 Å². The Kier molecular flexibility index (Phi) is 8.93. The number of piperazine rings is 1. The zero-order chi connectivity index (χ0) is 34.1. The Labute approximate surface area is 287 Å². The summed E-state index contributed by atoms with van der Waals surface area (Å²) in [6.07, 6.45) is 0. The van der Waals surface area contributed by atoms with Crippen molar-refractivity contribution >= 4 is 33.6 Å². The number of para-hydroxylation sites is 2. The smallest absolute Gasteiger partial charge is 0.254 e. The molecule has 6 aromatic rings. The average Bonchev–Trinajstić information content (AvgIpc) is 3.12. The van der Waals surface area contributed by atoms with Crippen LogP contribution in [0.2, 0.25) is 0 Å². The molecule has 1 fully saturated rings. The Hall–Kier alpha value is -5.40. The second-order valence-corrected chi connectivity index (χ2v) is 13.1. The lowest BCUT2D eigenvalue weighted by molar-refractivity contribution is 0.0639. The highest BCUT2D eigenvalue weighted by Gasteiger charge is 2.27. The fraction of sp³-hybridized carbons (Fsp3) is 0.238. The molecule has 7 heteroatoms. The van der Waals surface area contributed by atoms with Crippen LogP contribution in [0.3, 0.4) is 0 Å². The van der Waals surface area contributed by atoms with E-state index in [9.17, 15) is 9.59 Å². The zero-order valence-electron chi connectivity index (χ0n) is 28.6. The summed E-state index contributed by atoms with van der Waals surface area (Å²) in [5.41, 5.74) is 10.8. The number of hydrogen-bond donors (Lipinski definition) is 1. The first kappa shape index (κ1) is 32.2. The molecule has 246 valence electrons. The minimum Gasteiger partial charge on any atom is -0.351 e. The highest BCUT2D eigenvalue weighted by atomic mass is 16.2. The minimum absolute atomic E-state index is 0.0434. The van der Waals surface area contributed by atoms with E-state index in [1.807, 2.05) is 67.3 Å². The van der Waals surface area contributed by atoms with Crippen LogP contribution in [0, 0.1) is 27.7 Å². The number of rotatable bonds is 7. The molecule has 1 aliphatic rings. The second-order valence-electron chi connectivity index (χ2n) is 13.1. The van der Waals surface area contributed by atoms with Gasteiger partial charge in [0, 0.05) is 61.2 Å². The first-order valence-corrected chi connectivity index (χ1v) is 17.0. The first-order chi connectivity index (χ1) is 23.8. The number of nitrogens with one attached hydrogen (secondary N) is 1. The molecular formula is C42H41N5O2. The molecule has 0 radical (unpaired) electrons. The molecule has 0 bridgehead atoms. The number of carbonyl (C=O) groups excluding carboxylic acids is 2. The Morgan fingerprint density at radius 1 is 0.612 bits per heavy atom. The van der Waals surface area contributed by atoms with E-state index in [4.69, 9.17) is 9.97 Å². The topological polar surface area (TPSA) is 78.4 Å². The number of aryl methyl sites for hydroxylation is 2. The van der Waals surface area contributed by atoms with Gasteiger partial charge in [-0.05, 0) is 51.0 Å². The summed E-state index contributed by atoms with van der Waals surface area (Å²) < 4.78 is 0. The van der Waals surface area contributed by atoms with Gasteiger partial charge in [-0.15, -0.1) is 0 Å². The van der Waals surface area contributed by atoms with E-state index in [2.05, 4.69) is 72.6 Å². The van der Waals surface area contributed by atoms with Gasteiger partial charge in [0.1, 0.15) is 0 Å². The van der Waals surface area contributed by atoms with Crippen LogP contribution < -0.4 is 5.32 Å². The molecule has 0 unspecified atom stereocenters. The lowest BCUT2D eigenvalue weighted by Crippen LogP contribution is -2.50. The summed E-state index contributed by atoms with van der Waals surface area (Å²) in [4.78, 5) is 42.1. The summed E-state index contributed by atoms with van der Waals surface area (Å²) in [6, 6.07) is 32.3. The van der Waals surface area contributed by atoms with Gasteiger partial charge in [0.15, 0.2) is 0 Å². The summed E-state index contributed by atoms with van der Waals surface area (Å²) in [5.74, 6) is -0.0514. The van der Waals surface area contributed by atoms with Crippen LogP contribution in [0.25, 0.3) is 44.3 Å². The lowest BCUT2D eigenvalue weighted by Gasteiger charge is -2.35. The van der Waals surface area contributed by atoms with E-state index in [0.29, 0.717) is 31.7 Å². The number of aromatic nitrogens is 2. The molecule has 0 aliphatic carbocycles. The molecule has 1 N–H and O–H groups in total. The van der Waals surface area contributed by atoms with Crippen LogP contribution >= 0.6 is 0 Å². The molecule has 49 heavy (non-hydrogen) atoms. The molecule has 0 spiro atoms. The Morgan fingerprint density at radius 3 is 1.61 bits per heavy atom. The van der Waals surface area contributed by atoms with E-state index in [1.54, 1.807) is 0 Å². The third-order valence-corrected chi connectivity index (χ3v) is 9.74. The summed E-state index contributed by atoms with van der Waals surface area (Å²) in [7, 11) is 0. The number of amides is 2. The van der Waals surface area contributed by atoms with Crippen LogP contribution in [0.4, 0.5) is 0 Å². The fourth-order valence-corrected chi connectivity index (χ4v) is 6.92. The van der Waals surface area contributed by atoms with Gasteiger partial charge in [0.2, 0.25) is 0 Å². The molecule has 2 aromatic heterocycles. The van der Waals surface area contributed by atoms with Crippen molar-refractivity contribution in [3.63, 3.8) is 0 Å². The predicted molar refractivity (Wildman–Crippen MR) is 198 cm³/mol. The van der Waals surface area contributed by atoms with Gasteiger partial charge in [-0.3, -0.25) is 14.5 Å². The van der Waals surface area contributed by atoms with Crippen LogP contribution in [0.1, 0.15) is 43.0 Å². The molecule has 0 saturated carbocycles. The quantitative estimate of drug-likeness (QED) is 0.194. The van der Waals surface area contributed by atoms with Gasteiger partial charge in [0.05, 0.1) is 33.5 Å². The summed E-state index contributed by atoms with van der Waals surface area (Å²) >= 11 is 0. The van der Waals surface area contributed by atoms with E-state index >= 15 is 0 Å². The van der Waals surface area contributed by atoms with Gasteiger partial charge in [-0.25, -0.2) is 9.97 Å². The average molecular weight is 648 g/mol. The van der Waals surface area contributed by atoms with Gasteiger partial charge in [-0.1, -0.05) is 96.1 Å². The normalized spacial score (nSPS) is 13.6. The third kappa shape index (κ3) is 6.42. The molecule has 1 aliphatic heterocycles. The highest BCUT2D eigenvalue weighted by Crippen LogP contribution is 2.32. The number of carbonyl (C=O) groups is 2. The molecular weight excluding hydrogens is 606 g/mol. The Balaban J connectivity index is 1.03. The minimum atomic E-state index is -0.0947. The van der Waals surface area contributed by atoms with Crippen molar-refractivity contribution in [3.8, 4) is 22.5 Å². The van der Waals surface area contributed by atoms with Crippen molar-refractivity contribution in [2.75, 3.05) is 39.3 Å². The van der Waals surface area contributed by atoms with Crippen LogP contribution in [-0.4, -0.2) is 70.9 Å². The second kappa shape index (κ2) is 13.6. The summed E-state index contributed by atoms with van der Waals surface area (Å²) in [5, 5.41) is 4.92. The number of hydrogen-bond acceptors (Lipinski definition) is 5. The number of fused-ring (bicyclic) bond motifs is 2. The van der Waals surface area contributed by atoms with Crippen molar-refractivity contribution in [1.29, 1.82) is 0 Å². The maximum absolute atomic E-state index is 14.1. The molecule has 1 saturated heterocycles. The van der Waals surface area contributed by atoms with E-state index in [0.717, 1.165) is 74.1 Å². The first-order valence-electron chi connectivity index (χ1n) is 17.0. The highest BCUT2D eigenvalue weighted by molar-refractivity contribution is 6.10. The maximum Gasteiger partial charge on any atom is 0.254 e. The Bertz CT molecular complexity index is 2180. The van der Waals surface area contributed by atoms with E-state index < -0.39 is 0 Å². The molecule has 7 nitrogen and oxygen atoms in total. The number of benzene rings is 4. The maximum atomic E-state index is 14.1. The van der Waals surface area contributed by atoms with Gasteiger partial charge in [0.25, 0.3) is 11.8 Å². The lowest BCUT2D eigenvalue weighted by atomic mass is 9.96. The van der Waals surface area contributed by atoms with E-state index in [-0.39, 0.29) is 11.8 Å². The predicted octanol–water partition coefficient (Wildman–Crippen LogP) is 7.54. The molecule has 7 rings (SSSR count). The molecule has 4 aromatic carbocycles. The number of nitrogens with zero attached hydrogens (tertiary/aromatic N) is 4. The van der Waals surface area contributed by atoms with Crippen LogP contribution in [-0.2, 0) is 0 Å². The van der Waals surface area contributed by atoms with Crippen molar-refractivity contribution in [1.82, 2.24) is 25.1 Å². The van der Waals surface area contributed by atoms with Crippen molar-refractivity contribution < 1.29 is 9.59 Å². The van der Waals surface area contributed by atoms with Crippen molar-refractivity contribution in [2.24, 2.45) is 0 Å². The number of pyridine rings is 2. The molecule has 0 atom stereocenters. The summed E-state index contributed by atoms with van der Waals surface area (Å²) in [6.45, 7) is 12.1. The largest absolute Gasteiger partial charge is 0.351 e. The van der Waals surface area contributed by atoms with Gasteiger partial charge < -0.3 is 10.2 Å². The van der Waals surface area contributed by atoms with Gasteiger partial charge in [-0.2, -0.15) is 0 Å². The van der Waals surface area contributed by atoms with Gasteiger partial charge >= 0.3 is 0 Å². The van der Waals surface area contributed by atoms with E-state index in [1.165, 1.54) is 11.1 Å². The van der Waals surface area contributed by atoms with Crippen molar-refractivity contribution in [2.45, 2.75) is 27.7 Å². The monoisotopic (exact) mass is 647 g/mol. The SMILES string of the molecule is Cc1ccc(-c2nc3ccccc3c(C(=O)NCCN3CCN(C(=O)c4c(C)c(-c5ccc(C)cc5)nc5ccccc45)CC3)c2C)cc1.